The Morgan fingerprint density at radius 2 is 1.82 bits per heavy atom. The van der Waals surface area contributed by atoms with Crippen LogP contribution in [0.4, 0.5) is 0 Å². The van der Waals surface area contributed by atoms with Gasteiger partial charge in [0.25, 0.3) is 5.56 Å². The molecule has 0 aliphatic heterocycles. The molecule has 3 rings (SSSR count). The molecular weight excluding hydrogens is 434 g/mol. The minimum atomic E-state index is -0.371. The average molecular weight is 468 g/mol. The lowest BCUT2D eigenvalue weighted by Crippen LogP contribution is -2.38. The highest BCUT2D eigenvalue weighted by molar-refractivity contribution is 6.31. The summed E-state index contributed by atoms with van der Waals surface area (Å²) in [4.78, 5) is 33.8. The van der Waals surface area contributed by atoms with Crippen LogP contribution < -0.4 is 5.56 Å². The quantitative estimate of drug-likeness (QED) is 0.339. The monoisotopic (exact) mass is 467 g/mol. The van der Waals surface area contributed by atoms with Crippen LogP contribution in [-0.4, -0.2) is 26.9 Å². The molecule has 0 fully saturated rings. The average Bonchev–Trinajstić information content (AvgIpc) is 2.78. The number of benzene rings is 2. The summed E-state index contributed by atoms with van der Waals surface area (Å²) in [6.45, 7) is 10.7. The van der Waals surface area contributed by atoms with Crippen LogP contribution in [-0.2, 0) is 4.79 Å². The number of para-hydroxylation sites is 1. The highest BCUT2D eigenvalue weighted by Gasteiger charge is 2.27. The summed E-state index contributed by atoms with van der Waals surface area (Å²) in [7, 11) is 0. The van der Waals surface area contributed by atoms with Gasteiger partial charge in [-0.05, 0) is 56.0 Å². The zero-order valence-electron chi connectivity index (χ0n) is 20.3. The maximum Gasteiger partial charge on any atom is 0.266 e. The number of aromatic nitrogens is 2. The van der Waals surface area contributed by atoms with E-state index in [0.717, 1.165) is 24.8 Å². The first kappa shape index (κ1) is 25.0. The Morgan fingerprint density at radius 1 is 1.09 bits per heavy atom. The van der Waals surface area contributed by atoms with Crippen LogP contribution in [0.3, 0.4) is 0 Å². The second-order valence-electron chi connectivity index (χ2n) is 9.08. The number of nitrogens with zero attached hydrogens (tertiary/aromatic N) is 3. The van der Waals surface area contributed by atoms with Gasteiger partial charge in [0.05, 0.1) is 22.6 Å². The molecule has 33 heavy (non-hydrogen) atoms. The van der Waals surface area contributed by atoms with Crippen LogP contribution in [0.15, 0.2) is 47.3 Å². The fourth-order valence-corrected chi connectivity index (χ4v) is 4.34. The van der Waals surface area contributed by atoms with E-state index in [9.17, 15) is 9.59 Å². The summed E-state index contributed by atoms with van der Waals surface area (Å²) < 4.78 is 1.64. The number of rotatable bonds is 9. The van der Waals surface area contributed by atoms with Gasteiger partial charge in [0, 0.05) is 18.0 Å². The molecule has 2 aromatic carbocycles. The van der Waals surface area contributed by atoms with Crippen molar-refractivity contribution in [1.29, 1.82) is 0 Å². The number of fused-ring (bicyclic) bond motifs is 1. The fraction of sp³-hybridized carbons (Fsp3) is 0.444. The van der Waals surface area contributed by atoms with Crippen molar-refractivity contribution in [2.75, 3.05) is 6.54 Å². The van der Waals surface area contributed by atoms with Gasteiger partial charge in [-0.1, -0.05) is 63.4 Å². The first-order valence-electron chi connectivity index (χ1n) is 11.8. The second-order valence-corrected chi connectivity index (χ2v) is 9.49. The van der Waals surface area contributed by atoms with Gasteiger partial charge >= 0.3 is 0 Å². The molecule has 1 heterocycles. The highest BCUT2D eigenvalue weighted by Crippen LogP contribution is 2.28. The lowest BCUT2D eigenvalue weighted by molar-refractivity contribution is -0.134. The summed E-state index contributed by atoms with van der Waals surface area (Å²) in [5.74, 6) is 0.892. The number of unbranched alkanes of at least 4 members (excludes halogenated alkanes) is 2. The van der Waals surface area contributed by atoms with Crippen molar-refractivity contribution < 1.29 is 4.79 Å². The molecule has 0 N–H and O–H groups in total. The van der Waals surface area contributed by atoms with E-state index in [0.29, 0.717) is 40.4 Å². The smallest absolute Gasteiger partial charge is 0.266 e. The van der Waals surface area contributed by atoms with Gasteiger partial charge in [-0.25, -0.2) is 4.98 Å². The van der Waals surface area contributed by atoms with Crippen molar-refractivity contribution in [2.45, 2.75) is 66.3 Å². The normalized spacial score (nSPS) is 12.3. The van der Waals surface area contributed by atoms with E-state index in [1.807, 2.05) is 69.0 Å². The van der Waals surface area contributed by atoms with Crippen LogP contribution in [0.5, 0.6) is 0 Å². The summed E-state index contributed by atoms with van der Waals surface area (Å²) >= 11 is 6.42. The minimum Gasteiger partial charge on any atom is -0.333 e. The van der Waals surface area contributed by atoms with E-state index >= 15 is 0 Å². The Bertz CT molecular complexity index is 1190. The van der Waals surface area contributed by atoms with Crippen LogP contribution in [0.2, 0.25) is 5.02 Å². The Morgan fingerprint density at radius 3 is 2.52 bits per heavy atom. The molecule has 0 aliphatic carbocycles. The van der Waals surface area contributed by atoms with Gasteiger partial charge in [0.2, 0.25) is 5.91 Å². The summed E-state index contributed by atoms with van der Waals surface area (Å²) in [5, 5.41) is 1.13. The van der Waals surface area contributed by atoms with Crippen LogP contribution in [0.1, 0.15) is 70.8 Å². The minimum absolute atomic E-state index is 0.0883. The molecule has 1 atom stereocenters. The maximum atomic E-state index is 13.7. The third kappa shape index (κ3) is 5.47. The molecule has 0 radical (unpaired) electrons. The van der Waals surface area contributed by atoms with Crippen molar-refractivity contribution in [3.63, 3.8) is 0 Å². The number of hydrogen-bond donors (Lipinski definition) is 0. The van der Waals surface area contributed by atoms with Crippen molar-refractivity contribution in [2.24, 2.45) is 5.92 Å². The zero-order chi connectivity index (χ0) is 24.1. The number of halogens is 1. The maximum absolute atomic E-state index is 13.7. The van der Waals surface area contributed by atoms with Crippen molar-refractivity contribution in [3.8, 4) is 5.69 Å². The first-order valence-corrected chi connectivity index (χ1v) is 12.2. The van der Waals surface area contributed by atoms with Gasteiger partial charge in [0.15, 0.2) is 0 Å². The number of carbonyl (C=O) groups is 1. The van der Waals surface area contributed by atoms with E-state index in [-0.39, 0.29) is 23.4 Å². The van der Waals surface area contributed by atoms with E-state index in [2.05, 4.69) is 6.92 Å². The third-order valence-corrected chi connectivity index (χ3v) is 6.44. The van der Waals surface area contributed by atoms with Crippen LogP contribution in [0.25, 0.3) is 16.6 Å². The molecule has 1 aromatic heterocycles. The molecule has 0 saturated heterocycles. The van der Waals surface area contributed by atoms with Crippen molar-refractivity contribution >= 4 is 28.4 Å². The van der Waals surface area contributed by atoms with Crippen LogP contribution in [0, 0.1) is 12.8 Å². The molecule has 5 nitrogen and oxygen atoms in total. The Balaban J connectivity index is 2.23. The Kier molecular flexibility index (Phi) is 8.30. The van der Waals surface area contributed by atoms with E-state index in [4.69, 9.17) is 16.6 Å². The second kappa shape index (κ2) is 11.0. The van der Waals surface area contributed by atoms with Gasteiger partial charge < -0.3 is 4.90 Å². The highest BCUT2D eigenvalue weighted by atomic mass is 35.5. The van der Waals surface area contributed by atoms with Crippen molar-refractivity contribution in [3.05, 3.63) is 69.2 Å². The fourth-order valence-electron chi connectivity index (χ4n) is 4.17. The topological polar surface area (TPSA) is 55.2 Å². The molecule has 1 amide bonds. The number of hydrogen-bond acceptors (Lipinski definition) is 3. The standard InChI is InChI=1S/C27H34ClN3O2/c1-6-7-10-16-30(25(32)17-18(2)3)20(5)26-29-23-14-9-8-12-21(23)27(33)31(26)24-15-11-13-22(28)19(24)4/h8-9,11-15,18,20H,6-7,10,16-17H2,1-5H3. The van der Waals surface area contributed by atoms with Gasteiger partial charge in [-0.15, -0.1) is 0 Å². The Labute approximate surface area is 201 Å². The van der Waals surface area contributed by atoms with E-state index < -0.39 is 0 Å². The zero-order valence-corrected chi connectivity index (χ0v) is 21.0. The lowest BCUT2D eigenvalue weighted by atomic mass is 10.1. The predicted octanol–water partition coefficient (Wildman–Crippen LogP) is 6.47. The van der Waals surface area contributed by atoms with Crippen LogP contribution >= 0.6 is 11.6 Å². The third-order valence-electron chi connectivity index (χ3n) is 6.03. The summed E-state index contributed by atoms with van der Waals surface area (Å²) in [5.41, 5.74) is 1.97. The molecule has 0 spiro atoms. The summed E-state index contributed by atoms with van der Waals surface area (Å²) in [6.07, 6.45) is 3.49. The summed E-state index contributed by atoms with van der Waals surface area (Å²) in [6, 6.07) is 12.5. The van der Waals surface area contributed by atoms with Crippen molar-refractivity contribution in [1.82, 2.24) is 14.5 Å². The molecule has 6 heteroatoms. The molecule has 176 valence electrons. The first-order chi connectivity index (χ1) is 15.8. The van der Waals surface area contributed by atoms with E-state index in [1.54, 1.807) is 10.6 Å². The van der Waals surface area contributed by atoms with Gasteiger partial charge in [-0.3, -0.25) is 14.2 Å². The molecule has 1 unspecified atom stereocenters. The van der Waals surface area contributed by atoms with Gasteiger partial charge in [0.1, 0.15) is 5.82 Å². The molecule has 0 aliphatic rings. The number of carbonyl (C=O) groups excluding carboxylic acids is 1. The number of amides is 1. The lowest BCUT2D eigenvalue weighted by Gasteiger charge is -2.31. The van der Waals surface area contributed by atoms with E-state index in [1.165, 1.54) is 0 Å². The molecule has 3 aromatic rings. The molecular formula is C27H34ClN3O2. The molecule has 0 bridgehead atoms. The van der Waals surface area contributed by atoms with Gasteiger partial charge in [-0.2, -0.15) is 0 Å². The SMILES string of the molecule is CCCCCN(C(=O)CC(C)C)C(C)c1nc2ccccc2c(=O)n1-c1cccc(Cl)c1C. The predicted molar refractivity (Wildman–Crippen MR) is 136 cm³/mol. The molecule has 0 saturated carbocycles. The Hall–Kier alpha value is -2.66. The largest absolute Gasteiger partial charge is 0.333 e.